The number of hydrogen-bond acceptors (Lipinski definition) is 4. The highest BCUT2D eigenvalue weighted by Gasteiger charge is 2.34. The number of rotatable bonds is 5. The van der Waals surface area contributed by atoms with Crippen LogP contribution in [0.1, 0.15) is 49.8 Å². The number of hydrogen-bond donors (Lipinski definition) is 2. The van der Waals surface area contributed by atoms with E-state index in [0.29, 0.717) is 10.6 Å². The molecule has 1 amide bonds. The molecule has 2 aromatic heterocycles. The van der Waals surface area contributed by atoms with Gasteiger partial charge in [-0.25, -0.2) is 9.97 Å². The molecule has 3 aromatic rings. The van der Waals surface area contributed by atoms with Crippen molar-refractivity contribution in [1.82, 2.24) is 14.5 Å². The van der Waals surface area contributed by atoms with E-state index < -0.39 is 23.2 Å². The van der Waals surface area contributed by atoms with E-state index in [-0.39, 0.29) is 29.6 Å². The van der Waals surface area contributed by atoms with E-state index in [1.165, 1.54) is 6.92 Å². The largest absolute Gasteiger partial charge is 0.417 e. The van der Waals surface area contributed by atoms with E-state index in [0.717, 1.165) is 31.5 Å². The highest BCUT2D eigenvalue weighted by atomic mass is 35.5. The number of benzene rings is 1. The van der Waals surface area contributed by atoms with E-state index in [1.807, 2.05) is 0 Å². The van der Waals surface area contributed by atoms with Crippen molar-refractivity contribution in [1.29, 1.82) is 0 Å². The molecule has 1 fully saturated rings. The molecule has 1 aromatic carbocycles. The number of fused-ring (bicyclic) bond motifs is 1. The third-order valence-corrected chi connectivity index (χ3v) is 5.84. The van der Waals surface area contributed by atoms with Gasteiger partial charge in [-0.05, 0) is 38.3 Å². The number of nitrogens with zero attached hydrogens (tertiary/aromatic N) is 3. The molecule has 164 valence electrons. The minimum Gasteiger partial charge on any atom is -0.385 e. The smallest absolute Gasteiger partial charge is 0.385 e. The predicted molar refractivity (Wildman–Crippen MR) is 110 cm³/mol. The first-order chi connectivity index (χ1) is 14.6. The summed E-state index contributed by atoms with van der Waals surface area (Å²) in [5.74, 6) is -0.427. The lowest BCUT2D eigenvalue weighted by Crippen LogP contribution is -2.30. The standard InChI is InChI=1S/C21H20ClF3N4O2/c1-20(31,14-7-2-3-8-15(14)22)10-17(30)28-19-27-16-9-12(21(23,24)25)11-26-18(16)29(19)13-5-4-6-13/h2-3,7-9,11,13,31H,4-6,10H2,1H3,(H,27,28,30). The highest BCUT2D eigenvalue weighted by molar-refractivity contribution is 6.31. The maximum atomic E-state index is 13.1. The van der Waals surface area contributed by atoms with Crippen molar-refractivity contribution in [3.63, 3.8) is 0 Å². The third-order valence-electron chi connectivity index (χ3n) is 5.51. The van der Waals surface area contributed by atoms with Crippen molar-refractivity contribution in [3.05, 3.63) is 52.7 Å². The molecule has 0 spiro atoms. The summed E-state index contributed by atoms with van der Waals surface area (Å²) in [4.78, 5) is 20.9. The molecule has 2 heterocycles. The summed E-state index contributed by atoms with van der Waals surface area (Å²) in [6.45, 7) is 1.47. The Morgan fingerprint density at radius 3 is 2.65 bits per heavy atom. The normalized spacial score (nSPS) is 16.7. The Morgan fingerprint density at radius 1 is 1.32 bits per heavy atom. The second-order valence-corrected chi connectivity index (χ2v) is 8.34. The van der Waals surface area contributed by atoms with E-state index in [4.69, 9.17) is 11.6 Å². The second-order valence-electron chi connectivity index (χ2n) is 7.93. The molecule has 1 unspecified atom stereocenters. The number of carbonyl (C=O) groups excluding carboxylic acids is 1. The Balaban J connectivity index is 1.64. The number of carbonyl (C=O) groups is 1. The SMILES string of the molecule is CC(O)(CC(=O)Nc1nc2cc(C(F)(F)F)cnc2n1C1CCC1)c1ccccc1Cl. The first-order valence-corrected chi connectivity index (χ1v) is 10.2. The van der Waals surface area contributed by atoms with E-state index in [2.05, 4.69) is 15.3 Å². The van der Waals surface area contributed by atoms with Gasteiger partial charge in [-0.15, -0.1) is 0 Å². The topological polar surface area (TPSA) is 80.0 Å². The molecule has 0 saturated heterocycles. The minimum absolute atomic E-state index is 0.00591. The summed E-state index contributed by atoms with van der Waals surface area (Å²) in [5.41, 5.74) is -1.72. The zero-order valence-electron chi connectivity index (χ0n) is 16.6. The molecule has 1 aliphatic carbocycles. The van der Waals surface area contributed by atoms with Crippen molar-refractivity contribution in [2.24, 2.45) is 0 Å². The Bertz CT molecular complexity index is 1140. The molecular weight excluding hydrogens is 433 g/mol. The van der Waals surface area contributed by atoms with Crippen LogP contribution < -0.4 is 5.32 Å². The van der Waals surface area contributed by atoms with Gasteiger partial charge in [0.15, 0.2) is 5.65 Å². The van der Waals surface area contributed by atoms with Crippen LogP contribution in [0.15, 0.2) is 36.5 Å². The van der Waals surface area contributed by atoms with Crippen LogP contribution in [0.2, 0.25) is 5.02 Å². The number of nitrogens with one attached hydrogen (secondary N) is 1. The number of aromatic nitrogens is 3. The average Bonchev–Trinajstić information content (AvgIpc) is 2.96. The van der Waals surface area contributed by atoms with Crippen molar-refractivity contribution in [2.45, 2.75) is 50.4 Å². The zero-order chi connectivity index (χ0) is 22.4. The highest BCUT2D eigenvalue weighted by Crippen LogP contribution is 2.38. The number of aliphatic hydroxyl groups is 1. The molecule has 1 aliphatic rings. The molecule has 31 heavy (non-hydrogen) atoms. The minimum atomic E-state index is -4.54. The Morgan fingerprint density at radius 2 is 2.03 bits per heavy atom. The average molecular weight is 453 g/mol. The second kappa shape index (κ2) is 7.80. The molecule has 1 atom stereocenters. The summed E-state index contributed by atoms with van der Waals surface area (Å²) in [5, 5.41) is 13.8. The Hall–Kier alpha value is -2.65. The third kappa shape index (κ3) is 4.24. The Kier molecular flexibility index (Phi) is 5.43. The van der Waals surface area contributed by atoms with Crippen LogP contribution in [0.4, 0.5) is 19.1 Å². The number of alkyl halides is 3. The van der Waals surface area contributed by atoms with Crippen molar-refractivity contribution >= 4 is 34.6 Å². The summed E-state index contributed by atoms with van der Waals surface area (Å²) in [6, 6.07) is 7.57. The first-order valence-electron chi connectivity index (χ1n) is 9.79. The number of imidazole rings is 1. The van der Waals surface area contributed by atoms with Crippen molar-refractivity contribution in [3.8, 4) is 0 Å². The maximum absolute atomic E-state index is 13.1. The fourth-order valence-corrected chi connectivity index (χ4v) is 4.03. The van der Waals surface area contributed by atoms with Gasteiger partial charge in [0.1, 0.15) is 5.52 Å². The maximum Gasteiger partial charge on any atom is 0.417 e. The summed E-state index contributed by atoms with van der Waals surface area (Å²) in [7, 11) is 0. The van der Waals surface area contributed by atoms with Gasteiger partial charge >= 0.3 is 6.18 Å². The van der Waals surface area contributed by atoms with Crippen LogP contribution in [-0.4, -0.2) is 25.5 Å². The molecule has 0 radical (unpaired) electrons. The zero-order valence-corrected chi connectivity index (χ0v) is 17.3. The van der Waals surface area contributed by atoms with Gasteiger partial charge < -0.3 is 5.11 Å². The van der Waals surface area contributed by atoms with Crippen LogP contribution in [0.5, 0.6) is 0 Å². The lowest BCUT2D eigenvalue weighted by molar-refractivity contribution is -0.137. The summed E-state index contributed by atoms with van der Waals surface area (Å²) < 4.78 is 40.9. The van der Waals surface area contributed by atoms with Crippen LogP contribution in [0.3, 0.4) is 0 Å². The molecule has 1 saturated carbocycles. The van der Waals surface area contributed by atoms with E-state index >= 15 is 0 Å². The lowest BCUT2D eigenvalue weighted by Gasteiger charge is -2.29. The van der Waals surface area contributed by atoms with Gasteiger partial charge in [0.2, 0.25) is 11.9 Å². The molecular formula is C21H20ClF3N4O2. The number of pyridine rings is 1. The fourth-order valence-electron chi connectivity index (χ4n) is 3.69. The molecule has 10 heteroatoms. The number of amides is 1. The predicted octanol–water partition coefficient (Wildman–Crippen LogP) is 5.06. The monoisotopic (exact) mass is 452 g/mol. The molecule has 0 bridgehead atoms. The van der Waals surface area contributed by atoms with Gasteiger partial charge in [-0.2, -0.15) is 13.2 Å². The van der Waals surface area contributed by atoms with Gasteiger partial charge in [0, 0.05) is 22.8 Å². The van der Waals surface area contributed by atoms with Crippen LogP contribution in [0.25, 0.3) is 11.2 Å². The number of anilines is 1. The first kappa shape index (κ1) is 21.6. The van der Waals surface area contributed by atoms with Crippen molar-refractivity contribution in [2.75, 3.05) is 5.32 Å². The molecule has 0 aliphatic heterocycles. The van der Waals surface area contributed by atoms with E-state index in [9.17, 15) is 23.1 Å². The van der Waals surface area contributed by atoms with Crippen LogP contribution in [-0.2, 0) is 16.6 Å². The molecule has 6 nitrogen and oxygen atoms in total. The summed E-state index contributed by atoms with van der Waals surface area (Å²) >= 11 is 6.14. The number of halogens is 4. The molecule has 2 N–H and O–H groups in total. The van der Waals surface area contributed by atoms with Crippen molar-refractivity contribution < 1.29 is 23.1 Å². The lowest BCUT2D eigenvalue weighted by atomic mass is 9.92. The molecule has 4 rings (SSSR count). The van der Waals surface area contributed by atoms with E-state index in [1.54, 1.807) is 28.8 Å². The van der Waals surface area contributed by atoms with Gasteiger partial charge in [-0.3, -0.25) is 14.7 Å². The van der Waals surface area contributed by atoms with Gasteiger partial charge in [-0.1, -0.05) is 29.8 Å². The van der Waals surface area contributed by atoms with Gasteiger partial charge in [0.05, 0.1) is 17.6 Å². The summed E-state index contributed by atoms with van der Waals surface area (Å²) in [6.07, 6.45) is -1.49. The van der Waals surface area contributed by atoms with Crippen LogP contribution >= 0.6 is 11.6 Å². The Labute approximate surface area is 181 Å². The van der Waals surface area contributed by atoms with Crippen LogP contribution in [0, 0.1) is 0 Å². The van der Waals surface area contributed by atoms with Gasteiger partial charge in [0.25, 0.3) is 0 Å². The quantitative estimate of drug-likeness (QED) is 0.566. The fraction of sp³-hybridized carbons (Fsp3) is 0.381.